The fourth-order valence-corrected chi connectivity index (χ4v) is 4.64. The maximum absolute atomic E-state index is 12.9. The number of carbonyl (C=O) groups excluding carboxylic acids is 5. The van der Waals surface area contributed by atoms with Gasteiger partial charge in [0.15, 0.2) is 6.61 Å². The lowest BCUT2D eigenvalue weighted by Gasteiger charge is -2.22. The van der Waals surface area contributed by atoms with Crippen molar-refractivity contribution in [3.8, 4) is 0 Å². The number of rotatable bonds is 9. The highest BCUT2D eigenvalue weighted by Gasteiger charge is 2.50. The second-order valence-corrected chi connectivity index (χ2v) is 9.41. The highest BCUT2D eigenvalue weighted by atomic mass is 16.5. The third-order valence-corrected chi connectivity index (χ3v) is 6.70. The molecule has 0 bridgehead atoms. The number of anilines is 2. The molecule has 38 heavy (non-hydrogen) atoms. The topological polar surface area (TPSA) is 119 Å². The van der Waals surface area contributed by atoms with Gasteiger partial charge < -0.3 is 14.8 Å². The molecule has 1 N–H and O–H groups in total. The van der Waals surface area contributed by atoms with E-state index in [0.29, 0.717) is 30.0 Å². The molecule has 2 aliphatic rings. The van der Waals surface area contributed by atoms with Crippen LogP contribution in [-0.4, -0.2) is 42.9 Å². The van der Waals surface area contributed by atoms with Gasteiger partial charge >= 0.3 is 11.9 Å². The van der Waals surface area contributed by atoms with Gasteiger partial charge in [0, 0.05) is 5.69 Å². The molecule has 0 radical (unpaired) electrons. The van der Waals surface area contributed by atoms with Crippen LogP contribution in [0.25, 0.3) is 0 Å². The largest absolute Gasteiger partial charge is 0.462 e. The summed E-state index contributed by atoms with van der Waals surface area (Å²) < 4.78 is 10.2. The van der Waals surface area contributed by atoms with E-state index >= 15 is 0 Å². The number of hydrogen-bond donors (Lipinski definition) is 1. The molecule has 1 saturated heterocycles. The Labute approximate surface area is 220 Å². The number of nitrogens with one attached hydrogen (secondary N) is 1. The van der Waals surface area contributed by atoms with Crippen molar-refractivity contribution in [2.45, 2.75) is 33.1 Å². The summed E-state index contributed by atoms with van der Waals surface area (Å²) in [6.07, 6.45) is 6.16. The molecule has 2 aromatic carbocycles. The van der Waals surface area contributed by atoms with Gasteiger partial charge in [0.25, 0.3) is 5.91 Å². The quantitative estimate of drug-likeness (QED) is 0.229. The van der Waals surface area contributed by atoms with Crippen LogP contribution in [0, 0.1) is 17.8 Å². The van der Waals surface area contributed by atoms with Crippen molar-refractivity contribution in [3.05, 3.63) is 71.8 Å². The molecule has 3 amide bonds. The smallest absolute Gasteiger partial charge is 0.338 e. The van der Waals surface area contributed by atoms with E-state index in [1.54, 1.807) is 24.3 Å². The Kier molecular flexibility index (Phi) is 8.35. The Morgan fingerprint density at radius 3 is 2.18 bits per heavy atom. The SMILES string of the molecule is CCCCOC(=O)c1ccc(NC(=O)COC(=O)c2ccc(N3C(=O)[C@H]4[C@H](C)C=CC[C@H]4C3=O)cc2)cc1. The van der Waals surface area contributed by atoms with Gasteiger partial charge in [-0.25, -0.2) is 9.59 Å². The Morgan fingerprint density at radius 1 is 0.921 bits per heavy atom. The van der Waals surface area contributed by atoms with Crippen molar-refractivity contribution in [1.82, 2.24) is 0 Å². The van der Waals surface area contributed by atoms with E-state index in [2.05, 4.69) is 5.32 Å². The number of unbranched alkanes of at least 4 members (excludes halogenated alkanes) is 1. The van der Waals surface area contributed by atoms with E-state index in [0.717, 1.165) is 12.8 Å². The molecule has 1 aliphatic carbocycles. The first kappa shape index (κ1) is 26.8. The summed E-state index contributed by atoms with van der Waals surface area (Å²) >= 11 is 0. The van der Waals surface area contributed by atoms with E-state index in [1.165, 1.54) is 29.2 Å². The number of nitrogens with zero attached hydrogens (tertiary/aromatic N) is 1. The van der Waals surface area contributed by atoms with Crippen molar-refractivity contribution < 1.29 is 33.4 Å². The van der Waals surface area contributed by atoms with Gasteiger partial charge in [-0.05, 0) is 67.3 Å². The van der Waals surface area contributed by atoms with E-state index in [1.807, 2.05) is 26.0 Å². The first-order valence-corrected chi connectivity index (χ1v) is 12.7. The first-order valence-electron chi connectivity index (χ1n) is 12.7. The number of hydrogen-bond acceptors (Lipinski definition) is 7. The first-order chi connectivity index (χ1) is 18.3. The van der Waals surface area contributed by atoms with E-state index in [-0.39, 0.29) is 35.1 Å². The van der Waals surface area contributed by atoms with Gasteiger partial charge in [-0.15, -0.1) is 0 Å². The summed E-state index contributed by atoms with van der Waals surface area (Å²) in [4.78, 5) is 63.6. The van der Waals surface area contributed by atoms with Crippen LogP contribution in [0.4, 0.5) is 11.4 Å². The monoisotopic (exact) mass is 518 g/mol. The number of ether oxygens (including phenoxy) is 2. The van der Waals surface area contributed by atoms with Crippen LogP contribution in [0.3, 0.4) is 0 Å². The number of allylic oxidation sites excluding steroid dienone is 2. The van der Waals surface area contributed by atoms with E-state index in [4.69, 9.17) is 9.47 Å². The summed E-state index contributed by atoms with van der Waals surface area (Å²) in [5.74, 6) is -2.91. The molecule has 0 saturated carbocycles. The second kappa shape index (κ2) is 11.9. The molecule has 0 unspecified atom stereocenters. The number of imide groups is 1. The predicted molar refractivity (Wildman–Crippen MR) is 139 cm³/mol. The van der Waals surface area contributed by atoms with Gasteiger partial charge in [0.05, 0.1) is 35.3 Å². The van der Waals surface area contributed by atoms with Crippen LogP contribution in [-0.2, 0) is 23.9 Å². The maximum atomic E-state index is 12.9. The number of esters is 2. The highest BCUT2D eigenvalue weighted by molar-refractivity contribution is 6.22. The Morgan fingerprint density at radius 2 is 1.55 bits per heavy atom. The summed E-state index contributed by atoms with van der Waals surface area (Å²) in [5, 5.41) is 2.60. The standard InChI is InChI=1S/C29H30N2O7/c1-3-4-16-37-28(35)19-8-12-21(13-9-19)30-24(32)17-38-29(36)20-10-14-22(15-11-20)31-26(33)23-7-5-6-18(2)25(23)27(31)34/h5-6,8-15,18,23,25H,3-4,7,16-17H2,1-2H3,(H,30,32)/t18-,23-,25+/m1/s1. The van der Waals surface area contributed by atoms with Crippen LogP contribution in [0.2, 0.25) is 0 Å². The van der Waals surface area contributed by atoms with Crippen molar-refractivity contribution in [2.75, 3.05) is 23.4 Å². The second-order valence-electron chi connectivity index (χ2n) is 9.41. The van der Waals surface area contributed by atoms with Gasteiger partial charge in [-0.3, -0.25) is 19.3 Å². The number of amides is 3. The molecule has 0 aromatic heterocycles. The van der Waals surface area contributed by atoms with Gasteiger partial charge in [-0.1, -0.05) is 32.4 Å². The average molecular weight is 519 g/mol. The Bertz CT molecular complexity index is 1250. The zero-order valence-corrected chi connectivity index (χ0v) is 21.3. The summed E-state index contributed by atoms with van der Waals surface area (Å²) in [5.41, 5.74) is 1.38. The van der Waals surface area contributed by atoms with E-state index in [9.17, 15) is 24.0 Å². The lowest BCUT2D eigenvalue weighted by Crippen LogP contribution is -2.31. The molecule has 2 aromatic rings. The minimum absolute atomic E-state index is 0.0133. The number of fused-ring (bicyclic) bond motifs is 1. The van der Waals surface area contributed by atoms with Crippen molar-refractivity contribution in [2.24, 2.45) is 17.8 Å². The zero-order valence-electron chi connectivity index (χ0n) is 21.3. The predicted octanol–water partition coefficient (Wildman–Crippen LogP) is 4.14. The Hall–Kier alpha value is -4.27. The zero-order chi connectivity index (χ0) is 27.2. The molecule has 4 rings (SSSR count). The number of carbonyl (C=O) groups is 5. The molecule has 1 heterocycles. The van der Waals surface area contributed by atoms with Crippen LogP contribution in [0.1, 0.15) is 53.8 Å². The van der Waals surface area contributed by atoms with Crippen LogP contribution < -0.4 is 10.2 Å². The van der Waals surface area contributed by atoms with Crippen LogP contribution in [0.15, 0.2) is 60.7 Å². The molecular weight excluding hydrogens is 488 g/mol. The van der Waals surface area contributed by atoms with Crippen molar-refractivity contribution in [3.63, 3.8) is 0 Å². The van der Waals surface area contributed by atoms with E-state index < -0.39 is 24.5 Å². The molecule has 3 atom stereocenters. The molecule has 1 fully saturated rings. The highest BCUT2D eigenvalue weighted by Crippen LogP contribution is 2.40. The summed E-state index contributed by atoms with van der Waals surface area (Å²) in [7, 11) is 0. The maximum Gasteiger partial charge on any atom is 0.338 e. The lowest BCUT2D eigenvalue weighted by molar-refractivity contribution is -0.123. The van der Waals surface area contributed by atoms with Gasteiger partial charge in [-0.2, -0.15) is 0 Å². The normalized spacial score (nSPS) is 20.2. The van der Waals surface area contributed by atoms with Crippen molar-refractivity contribution in [1.29, 1.82) is 0 Å². The summed E-state index contributed by atoms with van der Waals surface area (Å²) in [6, 6.07) is 12.2. The fourth-order valence-electron chi connectivity index (χ4n) is 4.64. The lowest BCUT2D eigenvalue weighted by atomic mass is 9.78. The molecular formula is C29H30N2O7. The molecule has 0 spiro atoms. The minimum Gasteiger partial charge on any atom is -0.462 e. The van der Waals surface area contributed by atoms with Crippen LogP contribution in [0.5, 0.6) is 0 Å². The fraction of sp³-hybridized carbons (Fsp3) is 0.345. The molecule has 198 valence electrons. The minimum atomic E-state index is -0.720. The third-order valence-electron chi connectivity index (χ3n) is 6.70. The van der Waals surface area contributed by atoms with Gasteiger partial charge in [0.2, 0.25) is 11.8 Å². The Balaban J connectivity index is 1.28. The molecule has 9 heteroatoms. The molecule has 1 aliphatic heterocycles. The van der Waals surface area contributed by atoms with Crippen LogP contribution >= 0.6 is 0 Å². The average Bonchev–Trinajstić information content (AvgIpc) is 3.18. The number of benzene rings is 2. The van der Waals surface area contributed by atoms with Gasteiger partial charge in [0.1, 0.15) is 0 Å². The molecule has 9 nitrogen and oxygen atoms in total. The van der Waals surface area contributed by atoms with Crippen molar-refractivity contribution >= 4 is 41.0 Å². The third kappa shape index (κ3) is 5.82. The summed E-state index contributed by atoms with van der Waals surface area (Å²) in [6.45, 7) is 3.77.